The van der Waals surface area contributed by atoms with Crippen molar-refractivity contribution >= 4 is 5.97 Å². The second kappa shape index (κ2) is 6.23. The van der Waals surface area contributed by atoms with Gasteiger partial charge in [0.25, 0.3) is 0 Å². The van der Waals surface area contributed by atoms with Crippen LogP contribution in [-0.2, 0) is 22.1 Å². The van der Waals surface area contributed by atoms with E-state index < -0.39 is 17.7 Å². The molecular weight excluding hydrogens is 245 g/mol. The van der Waals surface area contributed by atoms with Gasteiger partial charge in [-0.1, -0.05) is 30.9 Å². The van der Waals surface area contributed by atoms with E-state index in [0.29, 0.717) is 5.56 Å². The van der Waals surface area contributed by atoms with Gasteiger partial charge < -0.3 is 4.74 Å². The third-order valence-corrected chi connectivity index (χ3v) is 2.23. The number of ether oxygens (including phenoxy) is 1. The molecule has 0 bridgehead atoms. The number of alkyl halides is 3. The molecule has 18 heavy (non-hydrogen) atoms. The Morgan fingerprint density at radius 2 is 2.11 bits per heavy atom. The van der Waals surface area contributed by atoms with Crippen LogP contribution in [0.4, 0.5) is 13.2 Å². The molecule has 98 valence electrons. The van der Waals surface area contributed by atoms with E-state index in [4.69, 9.17) is 4.74 Å². The molecule has 0 saturated carbocycles. The predicted molar refractivity (Wildman–Crippen MR) is 60.9 cm³/mol. The average Bonchev–Trinajstić information content (AvgIpc) is 2.33. The zero-order chi connectivity index (χ0) is 13.6. The molecule has 0 fully saturated rings. The lowest BCUT2D eigenvalue weighted by Crippen LogP contribution is -2.07. The fourth-order valence-corrected chi connectivity index (χ4v) is 1.37. The zero-order valence-corrected chi connectivity index (χ0v) is 9.67. The summed E-state index contributed by atoms with van der Waals surface area (Å²) in [5, 5.41) is 0. The normalized spacial score (nSPS) is 11.1. The van der Waals surface area contributed by atoms with Gasteiger partial charge in [-0.2, -0.15) is 13.2 Å². The van der Waals surface area contributed by atoms with Crippen LogP contribution in [0.3, 0.4) is 0 Å². The van der Waals surface area contributed by atoms with Crippen molar-refractivity contribution < 1.29 is 22.7 Å². The van der Waals surface area contributed by atoms with Crippen LogP contribution in [0.15, 0.2) is 36.9 Å². The van der Waals surface area contributed by atoms with E-state index in [2.05, 4.69) is 6.58 Å². The standard InChI is InChI=1S/C13H13F3O2/c1-2-8-18-12(17)7-6-10-4-3-5-11(9-10)13(14,15)16/h2-5,9H,1,6-8H2. The van der Waals surface area contributed by atoms with Crippen LogP contribution in [0.25, 0.3) is 0 Å². The maximum Gasteiger partial charge on any atom is 0.416 e. The molecule has 0 saturated heterocycles. The first-order chi connectivity index (χ1) is 8.43. The summed E-state index contributed by atoms with van der Waals surface area (Å²) in [7, 11) is 0. The quantitative estimate of drug-likeness (QED) is 0.598. The minimum atomic E-state index is -4.36. The predicted octanol–water partition coefficient (Wildman–Crippen LogP) is 3.37. The lowest BCUT2D eigenvalue weighted by atomic mass is 10.1. The highest BCUT2D eigenvalue weighted by Gasteiger charge is 2.30. The van der Waals surface area contributed by atoms with Gasteiger partial charge in [0.05, 0.1) is 5.56 Å². The van der Waals surface area contributed by atoms with Gasteiger partial charge >= 0.3 is 12.1 Å². The molecule has 0 N–H and O–H groups in total. The summed E-state index contributed by atoms with van der Waals surface area (Å²) in [6.45, 7) is 3.50. The first-order valence-electron chi connectivity index (χ1n) is 5.36. The Morgan fingerprint density at radius 3 is 2.72 bits per heavy atom. The Labute approximate surface area is 103 Å². The van der Waals surface area contributed by atoms with Crippen LogP contribution in [0.2, 0.25) is 0 Å². The number of aryl methyl sites for hydroxylation is 1. The minimum Gasteiger partial charge on any atom is -0.461 e. The molecular formula is C13H13F3O2. The highest BCUT2D eigenvalue weighted by atomic mass is 19.4. The minimum absolute atomic E-state index is 0.0507. The Hall–Kier alpha value is -1.78. The number of hydrogen-bond acceptors (Lipinski definition) is 2. The molecule has 0 aliphatic carbocycles. The number of carbonyl (C=O) groups is 1. The summed E-state index contributed by atoms with van der Waals surface area (Å²) in [5.74, 6) is -0.452. The van der Waals surface area contributed by atoms with Crippen LogP contribution in [0.1, 0.15) is 17.5 Å². The Morgan fingerprint density at radius 1 is 1.39 bits per heavy atom. The van der Waals surface area contributed by atoms with E-state index in [1.807, 2.05) is 0 Å². The lowest BCUT2D eigenvalue weighted by molar-refractivity contribution is -0.142. The number of carbonyl (C=O) groups excluding carboxylic acids is 1. The molecule has 2 nitrogen and oxygen atoms in total. The van der Waals surface area contributed by atoms with Crippen LogP contribution < -0.4 is 0 Å². The Bertz CT molecular complexity index is 424. The molecule has 0 aromatic heterocycles. The third-order valence-electron chi connectivity index (χ3n) is 2.23. The molecule has 1 aromatic rings. The van der Waals surface area contributed by atoms with Crippen molar-refractivity contribution in [3.8, 4) is 0 Å². The van der Waals surface area contributed by atoms with Crippen LogP contribution in [0.5, 0.6) is 0 Å². The number of halogens is 3. The van der Waals surface area contributed by atoms with Gasteiger partial charge in [0.1, 0.15) is 6.61 Å². The van der Waals surface area contributed by atoms with Crippen molar-refractivity contribution in [2.24, 2.45) is 0 Å². The second-order valence-electron chi connectivity index (χ2n) is 3.67. The third kappa shape index (κ3) is 4.61. The van der Waals surface area contributed by atoms with E-state index in [0.717, 1.165) is 12.1 Å². The second-order valence-corrected chi connectivity index (χ2v) is 3.67. The van der Waals surface area contributed by atoms with Crippen LogP contribution >= 0.6 is 0 Å². The highest BCUT2D eigenvalue weighted by Crippen LogP contribution is 2.29. The highest BCUT2D eigenvalue weighted by molar-refractivity contribution is 5.69. The first-order valence-corrected chi connectivity index (χ1v) is 5.36. The van der Waals surface area contributed by atoms with E-state index in [1.54, 1.807) is 6.07 Å². The maximum absolute atomic E-state index is 12.4. The van der Waals surface area contributed by atoms with Gasteiger partial charge in [0, 0.05) is 6.42 Å². The maximum atomic E-state index is 12.4. The summed E-state index contributed by atoms with van der Waals surface area (Å²) in [5.41, 5.74) is -0.250. The van der Waals surface area contributed by atoms with Gasteiger partial charge in [-0.05, 0) is 18.1 Å². The molecule has 1 aromatic carbocycles. The zero-order valence-electron chi connectivity index (χ0n) is 9.67. The summed E-state index contributed by atoms with van der Waals surface area (Å²) in [4.78, 5) is 11.2. The Kier molecular flexibility index (Phi) is 4.95. The molecule has 5 heteroatoms. The van der Waals surface area contributed by atoms with Crippen molar-refractivity contribution in [1.82, 2.24) is 0 Å². The molecule has 0 aliphatic rings. The number of benzene rings is 1. The molecule has 0 atom stereocenters. The van der Waals surface area contributed by atoms with Gasteiger partial charge in [-0.15, -0.1) is 0 Å². The molecule has 0 aliphatic heterocycles. The van der Waals surface area contributed by atoms with Crippen molar-refractivity contribution in [2.45, 2.75) is 19.0 Å². The van der Waals surface area contributed by atoms with E-state index in [1.165, 1.54) is 12.1 Å². The van der Waals surface area contributed by atoms with Gasteiger partial charge in [-0.3, -0.25) is 4.79 Å². The summed E-state index contributed by atoms with van der Waals surface area (Å²) < 4.78 is 42.0. The molecule has 0 amide bonds. The summed E-state index contributed by atoms with van der Waals surface area (Å²) in [6.07, 6.45) is -2.66. The molecule has 0 radical (unpaired) electrons. The fraction of sp³-hybridized carbons (Fsp3) is 0.308. The van der Waals surface area contributed by atoms with E-state index in [-0.39, 0.29) is 19.4 Å². The number of rotatable bonds is 5. The first kappa shape index (κ1) is 14.3. The molecule has 0 spiro atoms. The van der Waals surface area contributed by atoms with Crippen molar-refractivity contribution in [2.75, 3.05) is 6.61 Å². The van der Waals surface area contributed by atoms with Crippen molar-refractivity contribution in [3.05, 3.63) is 48.0 Å². The molecule has 0 unspecified atom stereocenters. The van der Waals surface area contributed by atoms with Crippen LogP contribution in [0, 0.1) is 0 Å². The summed E-state index contributed by atoms with van der Waals surface area (Å²) in [6, 6.07) is 4.92. The molecule has 1 rings (SSSR count). The summed E-state index contributed by atoms with van der Waals surface area (Å²) >= 11 is 0. The Balaban J connectivity index is 2.58. The van der Waals surface area contributed by atoms with Gasteiger partial charge in [0.2, 0.25) is 0 Å². The lowest BCUT2D eigenvalue weighted by Gasteiger charge is -2.08. The van der Waals surface area contributed by atoms with Crippen molar-refractivity contribution in [1.29, 1.82) is 0 Å². The van der Waals surface area contributed by atoms with Gasteiger partial charge in [-0.25, -0.2) is 0 Å². The topological polar surface area (TPSA) is 26.3 Å². The van der Waals surface area contributed by atoms with Crippen molar-refractivity contribution in [3.63, 3.8) is 0 Å². The average molecular weight is 258 g/mol. The number of hydrogen-bond donors (Lipinski definition) is 0. The number of esters is 1. The largest absolute Gasteiger partial charge is 0.461 e. The van der Waals surface area contributed by atoms with E-state index in [9.17, 15) is 18.0 Å². The van der Waals surface area contributed by atoms with E-state index >= 15 is 0 Å². The fourth-order valence-electron chi connectivity index (χ4n) is 1.37. The van der Waals surface area contributed by atoms with Crippen LogP contribution in [-0.4, -0.2) is 12.6 Å². The molecule has 0 heterocycles. The smallest absolute Gasteiger partial charge is 0.416 e. The SMILES string of the molecule is C=CCOC(=O)CCc1cccc(C(F)(F)F)c1. The van der Waals surface area contributed by atoms with Gasteiger partial charge in [0.15, 0.2) is 0 Å². The monoisotopic (exact) mass is 258 g/mol.